The summed E-state index contributed by atoms with van der Waals surface area (Å²) in [5.41, 5.74) is 0.873. The Morgan fingerprint density at radius 3 is 2.63 bits per heavy atom. The highest BCUT2D eigenvalue weighted by Crippen LogP contribution is 2.24. The van der Waals surface area contributed by atoms with Gasteiger partial charge in [0, 0.05) is 10.6 Å². The molecular formula is C12H14N2O3S2. The summed E-state index contributed by atoms with van der Waals surface area (Å²) in [6.45, 7) is 3.18. The van der Waals surface area contributed by atoms with Gasteiger partial charge in [0.25, 0.3) is 10.0 Å². The van der Waals surface area contributed by atoms with Gasteiger partial charge < -0.3 is 4.52 Å². The molecule has 0 bridgehead atoms. The first kappa shape index (κ1) is 14.0. The van der Waals surface area contributed by atoms with E-state index >= 15 is 0 Å². The lowest BCUT2D eigenvalue weighted by molar-refractivity contribution is 0.390. The third-order valence-electron chi connectivity index (χ3n) is 2.56. The van der Waals surface area contributed by atoms with Crippen molar-refractivity contribution < 1.29 is 12.9 Å². The molecule has 1 aromatic carbocycles. The van der Waals surface area contributed by atoms with E-state index in [4.69, 9.17) is 4.52 Å². The van der Waals surface area contributed by atoms with Gasteiger partial charge in [-0.2, -0.15) is 0 Å². The fourth-order valence-electron chi connectivity index (χ4n) is 1.75. The summed E-state index contributed by atoms with van der Waals surface area (Å²) in [6, 6.07) is 7.20. The number of nitrogens with one attached hydrogen (secondary N) is 1. The third kappa shape index (κ3) is 2.93. The van der Waals surface area contributed by atoms with Gasteiger partial charge in [-0.15, -0.1) is 11.8 Å². The van der Waals surface area contributed by atoms with Crippen LogP contribution in [0.1, 0.15) is 11.5 Å². The van der Waals surface area contributed by atoms with Crippen LogP contribution in [0.2, 0.25) is 0 Å². The van der Waals surface area contributed by atoms with Crippen LogP contribution in [0.3, 0.4) is 0 Å². The Hall–Kier alpha value is -1.47. The zero-order valence-corrected chi connectivity index (χ0v) is 12.4. The van der Waals surface area contributed by atoms with Crippen LogP contribution in [0.5, 0.6) is 0 Å². The zero-order chi connectivity index (χ0) is 14.0. The second kappa shape index (κ2) is 5.26. The van der Waals surface area contributed by atoms with Crippen LogP contribution in [0.25, 0.3) is 0 Å². The van der Waals surface area contributed by atoms with E-state index in [0.29, 0.717) is 11.4 Å². The van der Waals surface area contributed by atoms with Crippen LogP contribution < -0.4 is 4.72 Å². The Morgan fingerprint density at radius 1 is 1.32 bits per heavy atom. The average Bonchev–Trinajstić information content (AvgIpc) is 2.69. The number of hydrogen-bond donors (Lipinski definition) is 1. The molecule has 2 rings (SSSR count). The maximum Gasteiger partial charge on any atom is 0.267 e. The summed E-state index contributed by atoms with van der Waals surface area (Å²) in [5, 5.41) is 3.66. The molecule has 0 atom stereocenters. The predicted molar refractivity (Wildman–Crippen MR) is 75.0 cm³/mol. The van der Waals surface area contributed by atoms with Gasteiger partial charge in [0.05, 0.1) is 0 Å². The fourth-order valence-corrected chi connectivity index (χ4v) is 3.59. The van der Waals surface area contributed by atoms with E-state index in [9.17, 15) is 8.42 Å². The summed E-state index contributed by atoms with van der Waals surface area (Å²) in [4.78, 5) is 1.08. The maximum absolute atomic E-state index is 12.3. The second-order valence-electron chi connectivity index (χ2n) is 3.99. The molecule has 7 heteroatoms. The van der Waals surface area contributed by atoms with E-state index in [-0.39, 0.29) is 10.7 Å². The van der Waals surface area contributed by atoms with E-state index in [1.807, 2.05) is 12.3 Å². The van der Waals surface area contributed by atoms with Crippen molar-refractivity contribution in [1.82, 2.24) is 5.16 Å². The number of anilines is 1. The molecule has 2 aromatic rings. The first-order chi connectivity index (χ1) is 8.94. The number of aromatic nitrogens is 1. The van der Waals surface area contributed by atoms with Gasteiger partial charge in [0.1, 0.15) is 5.69 Å². The van der Waals surface area contributed by atoms with Gasteiger partial charge in [-0.05, 0) is 38.3 Å². The Morgan fingerprint density at radius 2 is 2.05 bits per heavy atom. The molecule has 5 nitrogen and oxygen atoms in total. The van der Waals surface area contributed by atoms with Crippen molar-refractivity contribution >= 4 is 27.5 Å². The van der Waals surface area contributed by atoms with Gasteiger partial charge in [0.15, 0.2) is 10.7 Å². The number of hydrogen-bond acceptors (Lipinski definition) is 5. The molecule has 1 aromatic heterocycles. The standard InChI is InChI=1S/C12H14N2O3S2/c1-8-12(9(2)17-13-8)19(15,16)14-10-5-4-6-11(7-10)18-3/h4-7,14H,1-3H3. The molecule has 1 heterocycles. The number of thioether (sulfide) groups is 1. The molecular weight excluding hydrogens is 284 g/mol. The molecule has 0 amide bonds. The molecule has 0 saturated heterocycles. The Kier molecular flexibility index (Phi) is 3.86. The zero-order valence-electron chi connectivity index (χ0n) is 10.8. The van der Waals surface area contributed by atoms with Crippen LogP contribution in [-0.2, 0) is 10.0 Å². The van der Waals surface area contributed by atoms with Gasteiger partial charge in [0.2, 0.25) is 0 Å². The molecule has 0 radical (unpaired) electrons. The molecule has 0 aliphatic rings. The molecule has 0 aliphatic heterocycles. The van der Waals surface area contributed by atoms with E-state index in [0.717, 1.165) is 4.90 Å². The quantitative estimate of drug-likeness (QED) is 0.879. The lowest BCUT2D eigenvalue weighted by Crippen LogP contribution is -2.14. The first-order valence-electron chi connectivity index (χ1n) is 5.54. The van der Waals surface area contributed by atoms with E-state index in [2.05, 4.69) is 9.88 Å². The summed E-state index contributed by atoms with van der Waals surface area (Å²) >= 11 is 1.55. The van der Waals surface area contributed by atoms with E-state index in [1.54, 1.807) is 43.8 Å². The van der Waals surface area contributed by atoms with Gasteiger partial charge in [-0.3, -0.25) is 4.72 Å². The minimum Gasteiger partial charge on any atom is -0.360 e. The summed E-state index contributed by atoms with van der Waals surface area (Å²) in [7, 11) is -3.67. The molecule has 102 valence electrons. The van der Waals surface area contributed by atoms with Crippen LogP contribution >= 0.6 is 11.8 Å². The van der Waals surface area contributed by atoms with Crippen molar-refractivity contribution in [1.29, 1.82) is 0 Å². The fraction of sp³-hybridized carbons (Fsp3) is 0.250. The van der Waals surface area contributed by atoms with Crippen molar-refractivity contribution in [3.05, 3.63) is 35.7 Å². The molecule has 1 N–H and O–H groups in total. The van der Waals surface area contributed by atoms with Crippen LogP contribution in [0.15, 0.2) is 38.6 Å². The SMILES string of the molecule is CSc1cccc(NS(=O)(=O)c2c(C)noc2C)c1. The maximum atomic E-state index is 12.3. The summed E-state index contributed by atoms with van der Waals surface area (Å²) in [6.07, 6.45) is 1.93. The van der Waals surface area contributed by atoms with Crippen molar-refractivity contribution in [3.8, 4) is 0 Å². The smallest absolute Gasteiger partial charge is 0.267 e. The minimum atomic E-state index is -3.67. The molecule has 0 saturated carbocycles. The number of rotatable bonds is 4. The Bertz CT molecular complexity index is 673. The van der Waals surface area contributed by atoms with E-state index < -0.39 is 10.0 Å². The molecule has 0 aliphatic carbocycles. The van der Waals surface area contributed by atoms with Crippen LogP contribution in [0.4, 0.5) is 5.69 Å². The average molecular weight is 298 g/mol. The van der Waals surface area contributed by atoms with Gasteiger partial charge in [-0.25, -0.2) is 8.42 Å². The topological polar surface area (TPSA) is 72.2 Å². The summed E-state index contributed by atoms with van der Waals surface area (Å²) < 4.78 is 32.0. The van der Waals surface area contributed by atoms with Crippen molar-refractivity contribution in [2.45, 2.75) is 23.6 Å². The highest BCUT2D eigenvalue weighted by atomic mass is 32.2. The lowest BCUT2D eigenvalue weighted by Gasteiger charge is -2.08. The first-order valence-corrected chi connectivity index (χ1v) is 8.24. The molecule has 0 fully saturated rings. The van der Waals surface area contributed by atoms with Crippen molar-refractivity contribution in [2.75, 3.05) is 11.0 Å². The van der Waals surface area contributed by atoms with Gasteiger partial charge in [-0.1, -0.05) is 11.2 Å². The predicted octanol–water partition coefficient (Wildman–Crippen LogP) is 2.81. The largest absolute Gasteiger partial charge is 0.360 e. The number of sulfonamides is 1. The van der Waals surface area contributed by atoms with E-state index in [1.165, 1.54) is 0 Å². The highest BCUT2D eigenvalue weighted by Gasteiger charge is 2.24. The number of nitrogens with zero attached hydrogens (tertiary/aromatic N) is 1. The Labute approximate surface area is 116 Å². The summed E-state index contributed by atoms with van der Waals surface area (Å²) in [5.74, 6) is 0.283. The highest BCUT2D eigenvalue weighted by molar-refractivity contribution is 7.98. The molecule has 0 spiro atoms. The lowest BCUT2D eigenvalue weighted by atomic mass is 10.3. The van der Waals surface area contributed by atoms with Crippen LogP contribution in [0, 0.1) is 13.8 Å². The monoisotopic (exact) mass is 298 g/mol. The van der Waals surface area contributed by atoms with Crippen LogP contribution in [-0.4, -0.2) is 19.8 Å². The molecule has 19 heavy (non-hydrogen) atoms. The van der Waals surface area contributed by atoms with Gasteiger partial charge >= 0.3 is 0 Å². The third-order valence-corrected chi connectivity index (χ3v) is 4.91. The normalized spacial score (nSPS) is 11.5. The number of benzene rings is 1. The second-order valence-corrected chi connectivity index (χ2v) is 6.49. The van der Waals surface area contributed by atoms with Crippen molar-refractivity contribution in [3.63, 3.8) is 0 Å². The Balaban J connectivity index is 2.36. The van der Waals surface area contributed by atoms with Crippen molar-refractivity contribution in [2.24, 2.45) is 0 Å². The minimum absolute atomic E-state index is 0.0991. The molecule has 0 unspecified atom stereocenters. The number of aryl methyl sites for hydroxylation is 2.